The molecule has 3 aromatic rings. The standard InChI is InChI=1S/C22H21FN4/c23-18-8-6-15(7-9-18)20-3-1-2-19(25-20)14-27-11-10-21-17(13-27)12-24-22(26-21)16-4-5-16/h1-3,6-9,12,16H,4-5,10-11,13-14H2. The molecular weight excluding hydrogens is 339 g/mol. The van der Waals surface area contributed by atoms with Gasteiger partial charge in [0.1, 0.15) is 11.6 Å². The third-order valence-electron chi connectivity index (χ3n) is 5.31. The normalized spacial score (nSPS) is 16.9. The van der Waals surface area contributed by atoms with Crippen molar-refractivity contribution in [1.29, 1.82) is 0 Å². The number of fused-ring (bicyclic) bond motifs is 1. The SMILES string of the molecule is Fc1ccc(-c2cccc(CN3CCc4nc(C5CC5)ncc4C3)n2)cc1. The monoisotopic (exact) mass is 360 g/mol. The molecular formula is C22H21FN4. The van der Waals surface area contributed by atoms with Crippen molar-refractivity contribution in [3.63, 3.8) is 0 Å². The summed E-state index contributed by atoms with van der Waals surface area (Å²) in [6.07, 6.45) is 5.46. The van der Waals surface area contributed by atoms with Gasteiger partial charge in [-0.1, -0.05) is 6.07 Å². The molecule has 136 valence electrons. The van der Waals surface area contributed by atoms with Crippen molar-refractivity contribution in [3.8, 4) is 11.3 Å². The minimum absolute atomic E-state index is 0.228. The molecule has 0 atom stereocenters. The quantitative estimate of drug-likeness (QED) is 0.702. The van der Waals surface area contributed by atoms with E-state index in [1.807, 2.05) is 18.3 Å². The molecule has 0 spiro atoms. The lowest BCUT2D eigenvalue weighted by Crippen LogP contribution is -2.31. The number of halogens is 1. The Morgan fingerprint density at radius 1 is 1.04 bits per heavy atom. The van der Waals surface area contributed by atoms with Crippen LogP contribution in [-0.4, -0.2) is 26.4 Å². The maximum absolute atomic E-state index is 13.1. The lowest BCUT2D eigenvalue weighted by molar-refractivity contribution is 0.240. The molecule has 1 aromatic carbocycles. The third-order valence-corrected chi connectivity index (χ3v) is 5.31. The lowest BCUT2D eigenvalue weighted by atomic mass is 10.1. The van der Waals surface area contributed by atoms with Crippen molar-refractivity contribution in [2.24, 2.45) is 0 Å². The molecule has 3 heterocycles. The first-order chi connectivity index (χ1) is 13.2. The minimum atomic E-state index is -0.228. The summed E-state index contributed by atoms with van der Waals surface area (Å²) in [5.74, 6) is 1.41. The summed E-state index contributed by atoms with van der Waals surface area (Å²) < 4.78 is 13.1. The molecule has 27 heavy (non-hydrogen) atoms. The number of hydrogen-bond donors (Lipinski definition) is 0. The van der Waals surface area contributed by atoms with Crippen molar-refractivity contribution in [1.82, 2.24) is 19.9 Å². The van der Waals surface area contributed by atoms with Gasteiger partial charge < -0.3 is 0 Å². The molecule has 0 unspecified atom stereocenters. The van der Waals surface area contributed by atoms with E-state index in [1.165, 1.54) is 36.2 Å². The zero-order valence-electron chi connectivity index (χ0n) is 15.1. The number of pyridine rings is 1. The lowest BCUT2D eigenvalue weighted by Gasteiger charge is -2.27. The van der Waals surface area contributed by atoms with Crippen LogP contribution < -0.4 is 0 Å². The fraction of sp³-hybridized carbons (Fsp3) is 0.318. The van der Waals surface area contributed by atoms with E-state index >= 15 is 0 Å². The Hall–Kier alpha value is -2.66. The van der Waals surface area contributed by atoms with E-state index in [9.17, 15) is 4.39 Å². The van der Waals surface area contributed by atoms with E-state index in [1.54, 1.807) is 12.1 Å². The molecule has 1 saturated carbocycles. The first-order valence-corrected chi connectivity index (χ1v) is 9.53. The molecule has 0 saturated heterocycles. The molecule has 0 bridgehead atoms. The van der Waals surface area contributed by atoms with Crippen molar-refractivity contribution in [2.45, 2.75) is 38.3 Å². The molecule has 2 aliphatic rings. The third kappa shape index (κ3) is 3.60. The smallest absolute Gasteiger partial charge is 0.131 e. The van der Waals surface area contributed by atoms with Gasteiger partial charge >= 0.3 is 0 Å². The fourth-order valence-corrected chi connectivity index (χ4v) is 3.64. The van der Waals surface area contributed by atoms with Crippen molar-refractivity contribution in [3.05, 3.63) is 77.3 Å². The van der Waals surface area contributed by atoms with Crippen LogP contribution in [0.4, 0.5) is 4.39 Å². The van der Waals surface area contributed by atoms with Crippen LogP contribution >= 0.6 is 0 Å². The maximum Gasteiger partial charge on any atom is 0.131 e. The largest absolute Gasteiger partial charge is 0.293 e. The number of nitrogens with zero attached hydrogens (tertiary/aromatic N) is 4. The Morgan fingerprint density at radius 3 is 2.70 bits per heavy atom. The van der Waals surface area contributed by atoms with Crippen LogP contribution in [0, 0.1) is 5.82 Å². The number of aromatic nitrogens is 3. The van der Waals surface area contributed by atoms with E-state index in [4.69, 9.17) is 9.97 Å². The fourth-order valence-electron chi connectivity index (χ4n) is 3.64. The van der Waals surface area contributed by atoms with Gasteiger partial charge in [-0.05, 0) is 49.2 Å². The predicted octanol–water partition coefficient (Wildman–Crippen LogP) is 4.11. The van der Waals surface area contributed by atoms with Crippen molar-refractivity contribution in [2.75, 3.05) is 6.54 Å². The number of rotatable bonds is 4. The van der Waals surface area contributed by atoms with Crippen molar-refractivity contribution >= 4 is 0 Å². The molecule has 0 radical (unpaired) electrons. The van der Waals surface area contributed by atoms with Gasteiger partial charge in [0, 0.05) is 55.0 Å². The van der Waals surface area contributed by atoms with E-state index in [-0.39, 0.29) is 5.82 Å². The second-order valence-corrected chi connectivity index (χ2v) is 7.46. The average molecular weight is 360 g/mol. The van der Waals surface area contributed by atoms with Crippen LogP contribution in [0.25, 0.3) is 11.3 Å². The molecule has 0 N–H and O–H groups in total. The van der Waals surface area contributed by atoms with Crippen LogP contribution in [0.5, 0.6) is 0 Å². The summed E-state index contributed by atoms with van der Waals surface area (Å²) in [6.45, 7) is 2.64. The zero-order chi connectivity index (χ0) is 18.2. The second-order valence-electron chi connectivity index (χ2n) is 7.46. The van der Waals surface area contributed by atoms with Crippen LogP contribution in [0.3, 0.4) is 0 Å². The van der Waals surface area contributed by atoms with Gasteiger partial charge in [0.2, 0.25) is 0 Å². The highest BCUT2D eigenvalue weighted by Crippen LogP contribution is 2.38. The van der Waals surface area contributed by atoms with Gasteiger partial charge in [0.05, 0.1) is 11.4 Å². The predicted molar refractivity (Wildman–Crippen MR) is 101 cm³/mol. The molecule has 4 nitrogen and oxygen atoms in total. The highest BCUT2D eigenvalue weighted by molar-refractivity contribution is 5.58. The van der Waals surface area contributed by atoms with Gasteiger partial charge in [-0.3, -0.25) is 9.88 Å². The second kappa shape index (κ2) is 6.82. The summed E-state index contributed by atoms with van der Waals surface area (Å²) in [5.41, 5.74) is 5.29. The molecule has 1 aliphatic carbocycles. The molecule has 5 heteroatoms. The molecule has 1 aliphatic heterocycles. The average Bonchev–Trinajstić information content (AvgIpc) is 3.54. The van der Waals surface area contributed by atoms with Gasteiger partial charge in [0.15, 0.2) is 0 Å². The van der Waals surface area contributed by atoms with E-state index in [2.05, 4.69) is 16.0 Å². The van der Waals surface area contributed by atoms with Gasteiger partial charge in [-0.2, -0.15) is 0 Å². The maximum atomic E-state index is 13.1. The molecule has 1 fully saturated rings. The number of benzene rings is 1. The highest BCUT2D eigenvalue weighted by atomic mass is 19.1. The Morgan fingerprint density at radius 2 is 1.89 bits per heavy atom. The number of hydrogen-bond acceptors (Lipinski definition) is 4. The Labute approximate surface area is 158 Å². The van der Waals surface area contributed by atoms with Crippen LogP contribution in [0.1, 0.15) is 41.5 Å². The van der Waals surface area contributed by atoms with E-state index in [0.29, 0.717) is 5.92 Å². The van der Waals surface area contributed by atoms with Crippen LogP contribution in [-0.2, 0) is 19.5 Å². The van der Waals surface area contributed by atoms with Crippen LogP contribution in [0.2, 0.25) is 0 Å². The summed E-state index contributed by atoms with van der Waals surface area (Å²) in [5, 5.41) is 0. The Kier molecular flexibility index (Phi) is 4.17. The van der Waals surface area contributed by atoms with Gasteiger partial charge in [-0.15, -0.1) is 0 Å². The summed E-state index contributed by atoms with van der Waals surface area (Å²) in [4.78, 5) is 16.5. The summed E-state index contributed by atoms with van der Waals surface area (Å²) in [6, 6.07) is 12.5. The molecule has 2 aromatic heterocycles. The van der Waals surface area contributed by atoms with E-state index < -0.39 is 0 Å². The van der Waals surface area contributed by atoms with Gasteiger partial charge in [-0.25, -0.2) is 14.4 Å². The minimum Gasteiger partial charge on any atom is -0.293 e. The highest BCUT2D eigenvalue weighted by Gasteiger charge is 2.28. The zero-order valence-corrected chi connectivity index (χ0v) is 15.1. The first-order valence-electron chi connectivity index (χ1n) is 9.53. The Balaban J connectivity index is 1.31. The van der Waals surface area contributed by atoms with E-state index in [0.717, 1.165) is 48.8 Å². The Bertz CT molecular complexity index is 966. The first kappa shape index (κ1) is 16.5. The molecule has 0 amide bonds. The van der Waals surface area contributed by atoms with Crippen LogP contribution in [0.15, 0.2) is 48.7 Å². The topological polar surface area (TPSA) is 41.9 Å². The van der Waals surface area contributed by atoms with Crippen molar-refractivity contribution < 1.29 is 4.39 Å². The summed E-state index contributed by atoms with van der Waals surface area (Å²) in [7, 11) is 0. The molecule has 5 rings (SSSR count). The summed E-state index contributed by atoms with van der Waals surface area (Å²) >= 11 is 0. The van der Waals surface area contributed by atoms with Gasteiger partial charge in [0.25, 0.3) is 0 Å².